The van der Waals surface area contributed by atoms with E-state index in [1.165, 1.54) is 4.57 Å². The molecule has 3 aromatic rings. The highest BCUT2D eigenvalue weighted by atomic mass is 35.5. The third kappa shape index (κ3) is 7.17. The van der Waals surface area contributed by atoms with Gasteiger partial charge in [-0.1, -0.05) is 11.6 Å². The van der Waals surface area contributed by atoms with E-state index < -0.39 is 17.5 Å². The molecule has 4 rings (SSSR count). The van der Waals surface area contributed by atoms with E-state index in [9.17, 15) is 14.4 Å². The molecule has 1 aliphatic heterocycles. The average molecular weight is 561 g/mol. The second-order valence-electron chi connectivity index (χ2n) is 10.0. The van der Waals surface area contributed by atoms with Gasteiger partial charge in [0.25, 0.3) is 0 Å². The second kappa shape index (κ2) is 11.9. The first-order valence-electron chi connectivity index (χ1n) is 12.6. The topological polar surface area (TPSA) is 115 Å². The fourth-order valence-electron chi connectivity index (χ4n) is 4.22. The molecule has 0 spiro atoms. The van der Waals surface area contributed by atoms with Crippen LogP contribution in [0.4, 0.5) is 10.5 Å². The molecule has 12 heteroatoms. The number of amides is 2. The highest BCUT2D eigenvalue weighted by Gasteiger charge is 2.24. The van der Waals surface area contributed by atoms with Crippen LogP contribution in [0.2, 0.25) is 5.02 Å². The Morgan fingerprint density at radius 3 is 2.51 bits per heavy atom. The Morgan fingerprint density at radius 1 is 1.08 bits per heavy atom. The molecule has 0 radical (unpaired) electrons. The van der Waals surface area contributed by atoms with Crippen LogP contribution in [0.3, 0.4) is 0 Å². The maximum absolute atomic E-state index is 13.0. The van der Waals surface area contributed by atoms with Crippen LogP contribution in [0.25, 0.3) is 11.1 Å². The minimum Gasteiger partial charge on any atom is -0.495 e. The van der Waals surface area contributed by atoms with E-state index in [1.54, 1.807) is 57.0 Å². The van der Waals surface area contributed by atoms with E-state index in [-0.39, 0.29) is 25.6 Å². The fourth-order valence-corrected chi connectivity index (χ4v) is 4.41. The number of carbonyl (C=O) groups is 2. The SMILES string of the molecule is COc1cc(N2CCN(C(=O)Cn3c(=O)oc4cc(OCCNC(=O)OC(C)(C)C)ccc43)CC2)ccc1Cl. The zero-order valence-corrected chi connectivity index (χ0v) is 23.2. The lowest BCUT2D eigenvalue weighted by Crippen LogP contribution is -2.50. The Kier molecular flexibility index (Phi) is 8.59. The third-order valence-electron chi connectivity index (χ3n) is 6.10. The summed E-state index contributed by atoms with van der Waals surface area (Å²) in [5.41, 5.74) is 1.20. The number of halogens is 1. The first kappa shape index (κ1) is 28.2. The minimum absolute atomic E-state index is 0.124. The second-order valence-corrected chi connectivity index (χ2v) is 10.5. The van der Waals surface area contributed by atoms with Gasteiger partial charge in [-0.3, -0.25) is 9.36 Å². The number of rotatable bonds is 8. The van der Waals surface area contributed by atoms with Gasteiger partial charge in [-0.05, 0) is 45.0 Å². The molecule has 0 bridgehead atoms. The monoisotopic (exact) mass is 560 g/mol. The molecule has 210 valence electrons. The molecule has 2 aromatic carbocycles. The number of nitrogens with zero attached hydrogens (tertiary/aromatic N) is 3. The standard InChI is InChI=1S/C27H33ClN4O7/c1-27(2,3)39-25(34)29-9-14-37-19-6-8-21-23(16-19)38-26(35)32(21)17-24(33)31-12-10-30(11-13-31)18-5-7-20(28)22(15-18)36-4/h5-8,15-16H,9-14,17H2,1-4H3,(H,29,34). The zero-order chi connectivity index (χ0) is 28.2. The van der Waals surface area contributed by atoms with Crippen LogP contribution in [0.5, 0.6) is 11.5 Å². The predicted octanol–water partition coefficient (Wildman–Crippen LogP) is 3.51. The van der Waals surface area contributed by atoms with Gasteiger partial charge in [0.05, 0.1) is 24.2 Å². The summed E-state index contributed by atoms with van der Waals surface area (Å²) in [5, 5.41) is 3.16. The summed E-state index contributed by atoms with van der Waals surface area (Å²) in [4.78, 5) is 41.2. The molecular weight excluding hydrogens is 528 g/mol. The number of hydrogen-bond donors (Lipinski definition) is 1. The smallest absolute Gasteiger partial charge is 0.420 e. The van der Waals surface area contributed by atoms with Gasteiger partial charge in [-0.15, -0.1) is 0 Å². The summed E-state index contributed by atoms with van der Waals surface area (Å²) >= 11 is 6.13. The largest absolute Gasteiger partial charge is 0.495 e. The van der Waals surface area contributed by atoms with Gasteiger partial charge in [-0.25, -0.2) is 9.59 Å². The summed E-state index contributed by atoms with van der Waals surface area (Å²) < 4.78 is 22.8. The van der Waals surface area contributed by atoms with E-state index in [1.807, 2.05) is 12.1 Å². The van der Waals surface area contributed by atoms with Crippen LogP contribution >= 0.6 is 11.6 Å². The summed E-state index contributed by atoms with van der Waals surface area (Å²) in [6.07, 6.45) is -0.527. The quantitative estimate of drug-likeness (QED) is 0.416. The van der Waals surface area contributed by atoms with E-state index in [2.05, 4.69) is 10.2 Å². The molecule has 1 aromatic heterocycles. The Labute approximate surface area is 231 Å². The molecule has 0 aliphatic carbocycles. The molecule has 1 saturated heterocycles. The van der Waals surface area contributed by atoms with Crippen molar-refractivity contribution < 1.29 is 28.2 Å². The van der Waals surface area contributed by atoms with Crippen molar-refractivity contribution in [1.82, 2.24) is 14.8 Å². The molecule has 1 aliphatic rings. The van der Waals surface area contributed by atoms with Gasteiger partial charge >= 0.3 is 11.8 Å². The highest BCUT2D eigenvalue weighted by molar-refractivity contribution is 6.32. The number of anilines is 1. The minimum atomic E-state index is -0.617. The normalized spacial score (nSPS) is 13.9. The first-order chi connectivity index (χ1) is 18.5. The Bertz CT molecular complexity index is 1390. The van der Waals surface area contributed by atoms with Crippen molar-refractivity contribution in [3.05, 3.63) is 52.0 Å². The average Bonchev–Trinajstić information content (AvgIpc) is 3.20. The van der Waals surface area contributed by atoms with E-state index in [4.69, 9.17) is 30.2 Å². The predicted molar refractivity (Wildman–Crippen MR) is 147 cm³/mol. The number of piperazine rings is 1. The van der Waals surface area contributed by atoms with Crippen LogP contribution in [-0.4, -0.2) is 73.5 Å². The number of nitrogens with one attached hydrogen (secondary N) is 1. The van der Waals surface area contributed by atoms with Crippen molar-refractivity contribution in [1.29, 1.82) is 0 Å². The molecule has 0 atom stereocenters. The van der Waals surface area contributed by atoms with Gasteiger partial charge in [0.15, 0.2) is 5.58 Å². The number of benzene rings is 2. The number of carbonyl (C=O) groups excluding carboxylic acids is 2. The van der Waals surface area contributed by atoms with Crippen LogP contribution in [0, 0.1) is 0 Å². The molecule has 11 nitrogen and oxygen atoms in total. The summed E-state index contributed by atoms with van der Waals surface area (Å²) in [6, 6.07) is 10.5. The maximum Gasteiger partial charge on any atom is 0.420 e. The number of fused-ring (bicyclic) bond motifs is 1. The van der Waals surface area contributed by atoms with Crippen LogP contribution < -0.4 is 25.4 Å². The highest BCUT2D eigenvalue weighted by Crippen LogP contribution is 2.30. The summed E-state index contributed by atoms with van der Waals surface area (Å²) in [6.45, 7) is 7.98. The molecule has 2 heterocycles. The lowest BCUT2D eigenvalue weighted by molar-refractivity contribution is -0.132. The van der Waals surface area contributed by atoms with Gasteiger partial charge < -0.3 is 33.7 Å². The number of oxazole rings is 1. The number of hydrogen-bond acceptors (Lipinski definition) is 8. The van der Waals surface area contributed by atoms with Gasteiger partial charge in [0.1, 0.15) is 30.3 Å². The molecular formula is C27H33ClN4O7. The van der Waals surface area contributed by atoms with Crippen molar-refractivity contribution in [2.45, 2.75) is 32.9 Å². The van der Waals surface area contributed by atoms with Gasteiger partial charge in [0, 0.05) is 44.0 Å². The number of ether oxygens (including phenoxy) is 3. The Morgan fingerprint density at radius 2 is 1.82 bits per heavy atom. The maximum atomic E-state index is 13.0. The lowest BCUT2D eigenvalue weighted by Gasteiger charge is -2.36. The molecule has 1 N–H and O–H groups in total. The third-order valence-corrected chi connectivity index (χ3v) is 6.42. The molecule has 0 unspecified atom stereocenters. The van der Waals surface area contributed by atoms with E-state index in [0.717, 1.165) is 5.69 Å². The lowest BCUT2D eigenvalue weighted by atomic mass is 10.2. The van der Waals surface area contributed by atoms with Crippen LogP contribution in [-0.2, 0) is 16.1 Å². The molecule has 1 fully saturated rings. The van der Waals surface area contributed by atoms with Crippen molar-refractivity contribution in [2.24, 2.45) is 0 Å². The van der Waals surface area contributed by atoms with Crippen LogP contribution in [0.1, 0.15) is 20.8 Å². The van der Waals surface area contributed by atoms with Gasteiger partial charge in [0.2, 0.25) is 5.91 Å². The van der Waals surface area contributed by atoms with Crippen molar-refractivity contribution in [2.75, 3.05) is 51.3 Å². The Balaban J connectivity index is 1.31. The molecule has 39 heavy (non-hydrogen) atoms. The van der Waals surface area contributed by atoms with Crippen molar-refractivity contribution in [3.8, 4) is 11.5 Å². The summed E-state index contributed by atoms with van der Waals surface area (Å²) in [7, 11) is 1.57. The zero-order valence-electron chi connectivity index (χ0n) is 22.5. The van der Waals surface area contributed by atoms with E-state index in [0.29, 0.717) is 53.8 Å². The van der Waals surface area contributed by atoms with Crippen molar-refractivity contribution >= 4 is 40.4 Å². The molecule has 0 saturated carbocycles. The number of aromatic nitrogens is 1. The summed E-state index contributed by atoms with van der Waals surface area (Å²) in [5.74, 6) is 0.288. The van der Waals surface area contributed by atoms with Gasteiger partial charge in [-0.2, -0.15) is 0 Å². The first-order valence-corrected chi connectivity index (χ1v) is 13.0. The van der Waals surface area contributed by atoms with Crippen molar-refractivity contribution in [3.63, 3.8) is 0 Å². The Hall–Kier alpha value is -3.86. The number of alkyl carbamates (subject to hydrolysis) is 1. The van der Waals surface area contributed by atoms with E-state index >= 15 is 0 Å². The number of methoxy groups -OCH3 is 1. The fraction of sp³-hybridized carbons (Fsp3) is 0.444. The molecule has 2 amide bonds. The van der Waals surface area contributed by atoms with Crippen LogP contribution in [0.15, 0.2) is 45.6 Å².